The minimum Gasteiger partial charge on any atom is -0.481 e. The lowest BCUT2D eigenvalue weighted by Crippen LogP contribution is -2.33. The fourth-order valence-electron chi connectivity index (χ4n) is 4.35. The normalized spacial score (nSPS) is 23.1. The third-order valence-corrected chi connectivity index (χ3v) is 6.49. The zero-order valence-corrected chi connectivity index (χ0v) is 20.3. The van der Waals surface area contributed by atoms with Gasteiger partial charge in [-0.1, -0.05) is 6.58 Å². The largest absolute Gasteiger partial charge is 0.516 e. The summed E-state index contributed by atoms with van der Waals surface area (Å²) < 4.78 is 25.0. The molecule has 2 saturated carbocycles. The average molecular weight is 519 g/mol. The zero-order valence-electron chi connectivity index (χ0n) is 20.3. The maximum Gasteiger partial charge on any atom is 0.516 e. The summed E-state index contributed by atoms with van der Waals surface area (Å²) in [5.41, 5.74) is 0. The van der Waals surface area contributed by atoms with Gasteiger partial charge in [0.25, 0.3) is 0 Å². The quantitative estimate of drug-likeness (QED) is 0.167. The molecule has 11 nitrogen and oxygen atoms in total. The molecule has 0 aliphatic heterocycles. The van der Waals surface area contributed by atoms with Crippen LogP contribution < -0.4 is 9.47 Å². The Morgan fingerprint density at radius 2 is 1.27 bits per heavy atom. The molecule has 0 unspecified atom stereocenters. The highest BCUT2D eigenvalue weighted by molar-refractivity contribution is 5.81. The molecule has 3 rings (SSSR count). The van der Waals surface area contributed by atoms with Gasteiger partial charge in [0.2, 0.25) is 6.79 Å². The van der Waals surface area contributed by atoms with E-state index in [0.717, 1.165) is 6.08 Å². The van der Waals surface area contributed by atoms with Gasteiger partial charge in [-0.3, -0.25) is 14.4 Å². The van der Waals surface area contributed by atoms with Crippen LogP contribution in [0.1, 0.15) is 51.4 Å². The lowest BCUT2D eigenvalue weighted by Gasteiger charge is -2.30. The fraction of sp³-hybridized carbons (Fsp3) is 0.500. The second-order valence-electron chi connectivity index (χ2n) is 8.97. The van der Waals surface area contributed by atoms with Crippen molar-refractivity contribution in [1.82, 2.24) is 0 Å². The summed E-state index contributed by atoms with van der Waals surface area (Å²) in [5.74, 6) is -2.82. The van der Waals surface area contributed by atoms with Crippen LogP contribution in [0.2, 0.25) is 0 Å². The first kappa shape index (κ1) is 27.7. The Kier molecular flexibility index (Phi) is 10.0. The molecule has 0 spiro atoms. The molecule has 0 atom stereocenters. The number of aliphatic carboxylic acids is 1. The molecular formula is C26H30O11. The van der Waals surface area contributed by atoms with Gasteiger partial charge in [0.05, 0.1) is 17.8 Å². The molecule has 2 fully saturated rings. The van der Waals surface area contributed by atoms with E-state index in [2.05, 4.69) is 16.1 Å². The van der Waals surface area contributed by atoms with Crippen molar-refractivity contribution < 1.29 is 52.8 Å². The topological polar surface area (TPSA) is 152 Å². The minimum absolute atomic E-state index is 0.135. The Morgan fingerprint density at radius 1 is 0.757 bits per heavy atom. The predicted octanol–water partition coefficient (Wildman–Crippen LogP) is 3.79. The zero-order chi connectivity index (χ0) is 26.8. The smallest absolute Gasteiger partial charge is 0.481 e. The number of rotatable bonds is 9. The van der Waals surface area contributed by atoms with Crippen LogP contribution >= 0.6 is 0 Å². The molecule has 1 N–H and O–H groups in total. The lowest BCUT2D eigenvalue weighted by molar-refractivity contribution is -0.159. The average Bonchev–Trinajstić information content (AvgIpc) is 2.90. The summed E-state index contributed by atoms with van der Waals surface area (Å²) in [6.07, 6.45) is 3.75. The van der Waals surface area contributed by atoms with Crippen molar-refractivity contribution >= 4 is 30.0 Å². The molecule has 0 bridgehead atoms. The third-order valence-electron chi connectivity index (χ3n) is 6.49. The van der Waals surface area contributed by atoms with Crippen molar-refractivity contribution in [3.8, 4) is 11.5 Å². The van der Waals surface area contributed by atoms with Gasteiger partial charge in [-0.05, 0) is 75.6 Å². The van der Waals surface area contributed by atoms with Gasteiger partial charge in [-0.25, -0.2) is 9.59 Å². The van der Waals surface area contributed by atoms with E-state index in [4.69, 9.17) is 19.3 Å². The molecular weight excluding hydrogens is 488 g/mol. The highest BCUT2D eigenvalue weighted by Crippen LogP contribution is 2.33. The van der Waals surface area contributed by atoms with E-state index in [9.17, 15) is 24.0 Å². The van der Waals surface area contributed by atoms with Crippen LogP contribution in [0.15, 0.2) is 36.9 Å². The molecule has 1 aromatic carbocycles. The summed E-state index contributed by atoms with van der Waals surface area (Å²) in [5, 5.41) is 9.08. The van der Waals surface area contributed by atoms with Gasteiger partial charge in [0.1, 0.15) is 17.6 Å². The summed E-state index contributed by atoms with van der Waals surface area (Å²) in [6, 6.07) is 5.74. The van der Waals surface area contributed by atoms with Crippen molar-refractivity contribution in [2.24, 2.45) is 17.8 Å². The molecule has 37 heavy (non-hydrogen) atoms. The highest BCUT2D eigenvalue weighted by atomic mass is 16.8. The molecule has 11 heteroatoms. The van der Waals surface area contributed by atoms with Crippen LogP contribution in [-0.2, 0) is 33.4 Å². The first-order valence-corrected chi connectivity index (χ1v) is 12.1. The second kappa shape index (κ2) is 13.4. The van der Waals surface area contributed by atoms with Crippen molar-refractivity contribution in [1.29, 1.82) is 0 Å². The molecule has 0 heterocycles. The second-order valence-corrected chi connectivity index (χ2v) is 8.97. The number of esters is 3. The summed E-state index contributed by atoms with van der Waals surface area (Å²) in [7, 11) is 0. The number of ether oxygens (including phenoxy) is 5. The van der Waals surface area contributed by atoms with E-state index in [-0.39, 0.29) is 41.3 Å². The summed E-state index contributed by atoms with van der Waals surface area (Å²) in [6.45, 7) is 2.59. The molecule has 2 aliphatic carbocycles. The van der Waals surface area contributed by atoms with E-state index in [1.807, 2.05) is 0 Å². The minimum atomic E-state index is -1.08. The predicted molar refractivity (Wildman–Crippen MR) is 125 cm³/mol. The SMILES string of the molecule is C=CC(=O)OCOC(=O)Oc1ccc(OC(=O)C2CCC(C(=O)OC3CCC(C(=O)O)CC3)CC2)cc1. The highest BCUT2D eigenvalue weighted by Gasteiger charge is 2.34. The number of carboxylic acid groups (broad SMARTS) is 1. The molecule has 0 saturated heterocycles. The van der Waals surface area contributed by atoms with Gasteiger partial charge in [0, 0.05) is 6.08 Å². The molecule has 0 radical (unpaired) electrons. The Bertz CT molecular complexity index is 984. The van der Waals surface area contributed by atoms with E-state index >= 15 is 0 Å². The van der Waals surface area contributed by atoms with Crippen LogP contribution in [0.4, 0.5) is 4.79 Å². The molecule has 200 valence electrons. The Labute approximate surface area is 213 Å². The summed E-state index contributed by atoms with van der Waals surface area (Å²) >= 11 is 0. The Hall–Kier alpha value is -3.89. The first-order chi connectivity index (χ1) is 17.7. The number of hydrogen-bond acceptors (Lipinski definition) is 10. The van der Waals surface area contributed by atoms with Gasteiger partial charge in [0.15, 0.2) is 0 Å². The summed E-state index contributed by atoms with van der Waals surface area (Å²) in [4.78, 5) is 58.6. The van der Waals surface area contributed by atoms with Crippen LogP contribution in [0.5, 0.6) is 11.5 Å². The molecule has 0 aromatic heterocycles. The van der Waals surface area contributed by atoms with E-state index in [1.54, 1.807) is 0 Å². The number of benzene rings is 1. The van der Waals surface area contributed by atoms with Gasteiger partial charge in [-0.15, -0.1) is 0 Å². The molecule has 1 aromatic rings. The van der Waals surface area contributed by atoms with Crippen LogP contribution in [0.25, 0.3) is 0 Å². The van der Waals surface area contributed by atoms with Crippen LogP contribution in [0.3, 0.4) is 0 Å². The van der Waals surface area contributed by atoms with Crippen molar-refractivity contribution in [2.75, 3.05) is 6.79 Å². The number of carboxylic acids is 1. The fourth-order valence-corrected chi connectivity index (χ4v) is 4.35. The first-order valence-electron chi connectivity index (χ1n) is 12.1. The standard InChI is InChI=1S/C26H30O11/c1-2-22(27)33-15-34-26(32)37-21-13-11-20(12-14-21)36-25(31)18-5-3-17(4-6-18)24(30)35-19-9-7-16(8-10-19)23(28)29/h2,11-14,16-19H,1,3-10,15H2,(H,28,29). The Balaban J connectivity index is 1.36. The maximum absolute atomic E-state index is 12.6. The van der Waals surface area contributed by atoms with Crippen molar-refractivity contribution in [3.63, 3.8) is 0 Å². The van der Waals surface area contributed by atoms with E-state index < -0.39 is 30.9 Å². The van der Waals surface area contributed by atoms with Crippen molar-refractivity contribution in [3.05, 3.63) is 36.9 Å². The van der Waals surface area contributed by atoms with Gasteiger partial charge < -0.3 is 28.8 Å². The van der Waals surface area contributed by atoms with Gasteiger partial charge >= 0.3 is 30.0 Å². The van der Waals surface area contributed by atoms with Crippen LogP contribution in [-0.4, -0.2) is 48.0 Å². The van der Waals surface area contributed by atoms with E-state index in [0.29, 0.717) is 51.4 Å². The number of carbonyl (C=O) groups is 5. The van der Waals surface area contributed by atoms with Gasteiger partial charge in [-0.2, -0.15) is 0 Å². The Morgan fingerprint density at radius 3 is 1.81 bits per heavy atom. The number of hydrogen-bond donors (Lipinski definition) is 1. The van der Waals surface area contributed by atoms with Crippen LogP contribution in [0, 0.1) is 17.8 Å². The third kappa shape index (κ3) is 8.62. The molecule has 0 amide bonds. The monoisotopic (exact) mass is 518 g/mol. The lowest BCUT2D eigenvalue weighted by atomic mass is 9.82. The van der Waals surface area contributed by atoms with E-state index in [1.165, 1.54) is 24.3 Å². The number of carbonyl (C=O) groups excluding carboxylic acids is 4. The van der Waals surface area contributed by atoms with Crippen molar-refractivity contribution in [2.45, 2.75) is 57.5 Å². The maximum atomic E-state index is 12.6. The molecule has 2 aliphatic rings.